The minimum absolute atomic E-state index is 0.268. The molecule has 1 aliphatic rings. The Balaban J connectivity index is 1.47. The van der Waals surface area contributed by atoms with E-state index in [0.29, 0.717) is 37.6 Å². The second kappa shape index (κ2) is 7.12. The Hall–Kier alpha value is -2.14. The topological polar surface area (TPSA) is 64.0 Å². The van der Waals surface area contributed by atoms with Gasteiger partial charge in [0.15, 0.2) is 12.3 Å². The van der Waals surface area contributed by atoms with Gasteiger partial charge in [-0.25, -0.2) is 12.8 Å². The zero-order chi connectivity index (χ0) is 19.0. The summed E-state index contributed by atoms with van der Waals surface area (Å²) in [6, 6.07) is 11.2. The largest absolute Gasteiger partial charge is 0.314 e. The van der Waals surface area contributed by atoms with E-state index in [1.165, 1.54) is 33.5 Å². The maximum atomic E-state index is 13.9. The van der Waals surface area contributed by atoms with Crippen molar-refractivity contribution in [3.63, 3.8) is 0 Å². The van der Waals surface area contributed by atoms with Gasteiger partial charge in [0.25, 0.3) is 0 Å². The number of nitrogens with one attached hydrogen (secondary N) is 1. The molecule has 1 N–H and O–H groups in total. The lowest BCUT2D eigenvalue weighted by Gasteiger charge is -2.31. The summed E-state index contributed by atoms with van der Waals surface area (Å²) >= 11 is 5.46. The highest BCUT2D eigenvalue weighted by Crippen LogP contribution is 2.18. The fourth-order valence-corrected chi connectivity index (χ4v) is 5.04. The molecular weight excluding hydrogens is 389 g/mol. The van der Waals surface area contributed by atoms with Crippen LogP contribution in [0.5, 0.6) is 0 Å². The first-order valence-electron chi connectivity index (χ1n) is 8.59. The van der Waals surface area contributed by atoms with Gasteiger partial charge in [-0.15, -0.1) is 5.10 Å². The van der Waals surface area contributed by atoms with Crippen molar-refractivity contribution in [1.82, 2.24) is 18.5 Å². The quantitative estimate of drug-likeness (QED) is 0.641. The summed E-state index contributed by atoms with van der Waals surface area (Å²) < 4.78 is 44.8. The molecule has 0 bridgehead atoms. The van der Waals surface area contributed by atoms with Gasteiger partial charge in [0.05, 0.1) is 26.2 Å². The molecule has 0 spiro atoms. The van der Waals surface area contributed by atoms with E-state index >= 15 is 0 Å². The lowest BCUT2D eigenvalue weighted by Crippen LogP contribution is -3.14. The molecule has 2 aromatic heterocycles. The molecule has 0 unspecified atom stereocenters. The maximum absolute atomic E-state index is 13.9. The van der Waals surface area contributed by atoms with Gasteiger partial charge in [0.1, 0.15) is 10.7 Å². The molecule has 0 saturated carbocycles. The summed E-state index contributed by atoms with van der Waals surface area (Å²) in [4.78, 5) is 0.908. The highest BCUT2D eigenvalue weighted by molar-refractivity contribution is 7.89. The summed E-state index contributed by atoms with van der Waals surface area (Å²) in [5.41, 5.74) is 0.780. The maximum Gasteiger partial charge on any atom is 0.246 e. The lowest BCUT2D eigenvalue weighted by molar-refractivity contribution is -0.926. The molecular formula is C17H19FN5O2S2+. The monoisotopic (exact) mass is 408 g/mol. The van der Waals surface area contributed by atoms with E-state index in [-0.39, 0.29) is 4.90 Å². The van der Waals surface area contributed by atoms with Gasteiger partial charge in [-0.1, -0.05) is 18.2 Å². The fourth-order valence-electron chi connectivity index (χ4n) is 3.28. The predicted molar refractivity (Wildman–Crippen MR) is 99.9 cm³/mol. The van der Waals surface area contributed by atoms with Crippen molar-refractivity contribution < 1.29 is 17.7 Å². The summed E-state index contributed by atoms with van der Waals surface area (Å²) in [5.74, 6) is -0.719. The van der Waals surface area contributed by atoms with E-state index in [1.807, 2.05) is 28.8 Å². The first kappa shape index (κ1) is 18.2. The van der Waals surface area contributed by atoms with Crippen LogP contribution in [0.25, 0.3) is 5.65 Å². The number of fused-ring (bicyclic) bond motifs is 1. The smallest absolute Gasteiger partial charge is 0.246 e. The zero-order valence-corrected chi connectivity index (χ0v) is 16.1. The molecule has 7 nitrogen and oxygen atoms in total. The van der Waals surface area contributed by atoms with Crippen molar-refractivity contribution in [3.8, 4) is 0 Å². The molecule has 1 aliphatic heterocycles. The van der Waals surface area contributed by atoms with Crippen LogP contribution in [0.4, 0.5) is 4.39 Å². The van der Waals surface area contributed by atoms with Crippen LogP contribution in [0.2, 0.25) is 0 Å². The van der Waals surface area contributed by atoms with Crippen LogP contribution in [-0.4, -0.2) is 53.1 Å². The average Bonchev–Trinajstić information content (AvgIpc) is 2.98. The Morgan fingerprint density at radius 1 is 1.11 bits per heavy atom. The molecule has 1 saturated heterocycles. The molecule has 27 heavy (non-hydrogen) atoms. The van der Waals surface area contributed by atoms with E-state index < -0.39 is 15.8 Å². The lowest BCUT2D eigenvalue weighted by atomic mass is 10.3. The van der Waals surface area contributed by atoms with Gasteiger partial charge in [-0.2, -0.15) is 8.99 Å². The molecule has 142 valence electrons. The van der Waals surface area contributed by atoms with Gasteiger partial charge < -0.3 is 4.90 Å². The number of aromatic nitrogens is 3. The Morgan fingerprint density at radius 2 is 1.81 bits per heavy atom. The number of hydrogen-bond donors (Lipinski definition) is 1. The van der Waals surface area contributed by atoms with E-state index in [9.17, 15) is 12.8 Å². The van der Waals surface area contributed by atoms with Crippen LogP contribution in [0.15, 0.2) is 53.6 Å². The van der Waals surface area contributed by atoms with Gasteiger partial charge in [0.2, 0.25) is 14.8 Å². The average molecular weight is 409 g/mol. The molecule has 10 heteroatoms. The van der Waals surface area contributed by atoms with Gasteiger partial charge >= 0.3 is 0 Å². The third-order valence-corrected chi connectivity index (χ3v) is 7.09. The van der Waals surface area contributed by atoms with Crippen LogP contribution in [0, 0.1) is 10.6 Å². The summed E-state index contributed by atoms with van der Waals surface area (Å²) in [7, 11) is -3.82. The van der Waals surface area contributed by atoms with Crippen molar-refractivity contribution in [2.24, 2.45) is 0 Å². The van der Waals surface area contributed by atoms with E-state index in [1.54, 1.807) is 4.68 Å². The van der Waals surface area contributed by atoms with Crippen LogP contribution in [0.3, 0.4) is 0 Å². The molecule has 0 radical (unpaired) electrons. The summed E-state index contributed by atoms with van der Waals surface area (Å²) in [6.07, 6.45) is 1.87. The molecule has 0 atom stereocenters. The molecule has 1 aromatic carbocycles. The third kappa shape index (κ3) is 3.41. The Bertz CT molecular complexity index is 1130. The van der Waals surface area contributed by atoms with Crippen LogP contribution in [-0.2, 0) is 16.7 Å². The number of rotatable bonds is 4. The number of pyridine rings is 1. The van der Waals surface area contributed by atoms with Crippen LogP contribution < -0.4 is 4.90 Å². The van der Waals surface area contributed by atoms with Gasteiger partial charge in [0, 0.05) is 6.20 Å². The first-order chi connectivity index (χ1) is 13.0. The minimum Gasteiger partial charge on any atom is -0.314 e. The molecule has 3 aromatic rings. The normalized spacial score (nSPS) is 16.8. The van der Waals surface area contributed by atoms with E-state index in [2.05, 4.69) is 5.10 Å². The standard InChI is InChI=1S/C17H18FN5O2S2/c18-14-5-1-2-6-15(14)27(24,25)21-11-9-20(10-12-21)13-23-17(26)22-8-4-3-7-16(22)19-23/h1-8H,9-13H2/p+1. The van der Waals surface area contributed by atoms with Crippen molar-refractivity contribution in [1.29, 1.82) is 0 Å². The third-order valence-electron chi connectivity index (χ3n) is 4.75. The summed E-state index contributed by atoms with van der Waals surface area (Å²) in [5, 5.41) is 4.51. The predicted octanol–water partition coefficient (Wildman–Crippen LogP) is 0.551. The first-order valence-corrected chi connectivity index (χ1v) is 10.4. The fraction of sp³-hybridized carbons (Fsp3) is 0.294. The van der Waals surface area contributed by atoms with Crippen LogP contribution in [0.1, 0.15) is 0 Å². The molecule has 0 amide bonds. The zero-order valence-electron chi connectivity index (χ0n) is 14.5. The molecule has 1 fully saturated rings. The Kier molecular flexibility index (Phi) is 4.81. The second-order valence-corrected chi connectivity index (χ2v) is 8.73. The van der Waals surface area contributed by atoms with E-state index in [0.717, 1.165) is 5.65 Å². The van der Waals surface area contributed by atoms with Crippen molar-refractivity contribution in [3.05, 3.63) is 59.2 Å². The number of benzene rings is 1. The Labute approximate surface area is 161 Å². The SMILES string of the molecule is O=S(=O)(c1ccccc1F)N1CC[NH+](Cn2nc3ccccn3c2=S)CC1. The van der Waals surface area contributed by atoms with Crippen LogP contribution >= 0.6 is 12.2 Å². The highest BCUT2D eigenvalue weighted by Gasteiger charge is 2.32. The number of piperazine rings is 1. The number of nitrogens with zero attached hydrogens (tertiary/aromatic N) is 4. The summed E-state index contributed by atoms with van der Waals surface area (Å²) in [6.45, 7) is 2.42. The molecule has 3 heterocycles. The van der Waals surface area contributed by atoms with Crippen molar-refractivity contribution in [2.75, 3.05) is 26.2 Å². The van der Waals surface area contributed by atoms with Crippen molar-refractivity contribution >= 4 is 27.9 Å². The number of quaternary nitrogens is 1. The van der Waals surface area contributed by atoms with E-state index in [4.69, 9.17) is 12.2 Å². The van der Waals surface area contributed by atoms with Gasteiger partial charge in [-0.05, 0) is 36.5 Å². The Morgan fingerprint density at radius 3 is 2.52 bits per heavy atom. The molecule has 0 aliphatic carbocycles. The minimum atomic E-state index is -3.82. The number of halogens is 1. The van der Waals surface area contributed by atoms with Crippen molar-refractivity contribution in [2.45, 2.75) is 11.6 Å². The number of hydrogen-bond acceptors (Lipinski definition) is 4. The highest BCUT2D eigenvalue weighted by atomic mass is 32.2. The second-order valence-electron chi connectivity index (χ2n) is 6.45. The van der Waals surface area contributed by atoms with Gasteiger partial charge in [-0.3, -0.25) is 4.40 Å². The number of sulfonamides is 1. The molecule has 4 rings (SSSR count).